The number of nitrogens with zero attached hydrogens (tertiary/aromatic N) is 2. The fraction of sp³-hybridized carbons (Fsp3) is 0.385. The number of hydrogen-bond donors (Lipinski definition) is 3. The van der Waals surface area contributed by atoms with Gasteiger partial charge in [0.2, 0.25) is 11.2 Å². The van der Waals surface area contributed by atoms with Crippen molar-refractivity contribution < 1.29 is 14.7 Å². The minimum absolute atomic E-state index is 0.0399. The first-order chi connectivity index (χ1) is 10.5. The van der Waals surface area contributed by atoms with Crippen LogP contribution in [0.3, 0.4) is 0 Å². The van der Waals surface area contributed by atoms with Crippen LogP contribution in [0.25, 0.3) is 10.2 Å². The van der Waals surface area contributed by atoms with Gasteiger partial charge in [0.1, 0.15) is 16.7 Å². The third kappa shape index (κ3) is 2.71. The zero-order chi connectivity index (χ0) is 15.9. The van der Waals surface area contributed by atoms with Gasteiger partial charge >= 0.3 is 5.97 Å². The zero-order valence-electron chi connectivity index (χ0n) is 11.4. The van der Waals surface area contributed by atoms with Crippen molar-refractivity contribution in [2.24, 2.45) is 5.73 Å². The number of carbonyl (C=O) groups is 2. The Hall–Kier alpha value is -1.93. The number of anilines is 1. The van der Waals surface area contributed by atoms with Crippen molar-refractivity contribution >= 4 is 50.8 Å². The first-order valence-electron chi connectivity index (χ1n) is 6.71. The van der Waals surface area contributed by atoms with E-state index in [-0.39, 0.29) is 11.7 Å². The number of halogens is 1. The number of amides is 1. The third-order valence-corrected chi connectivity index (χ3v) is 4.91. The Bertz CT molecular complexity index is 776. The molecule has 0 aliphatic heterocycles. The second-order valence-electron chi connectivity index (χ2n) is 5.08. The summed E-state index contributed by atoms with van der Waals surface area (Å²) in [6.07, 6.45) is 2.62. The molecule has 1 aliphatic rings. The van der Waals surface area contributed by atoms with Crippen LogP contribution in [0, 0.1) is 0 Å². The molecule has 22 heavy (non-hydrogen) atoms. The summed E-state index contributed by atoms with van der Waals surface area (Å²) in [5, 5.41) is 12.8. The van der Waals surface area contributed by atoms with E-state index in [2.05, 4.69) is 15.3 Å². The Labute approximate surface area is 134 Å². The largest absolute Gasteiger partial charge is 0.480 e. The molecule has 2 aromatic rings. The summed E-state index contributed by atoms with van der Waals surface area (Å²) in [6.45, 7) is 0. The van der Waals surface area contributed by atoms with Crippen molar-refractivity contribution in [3.8, 4) is 0 Å². The average molecular weight is 341 g/mol. The van der Waals surface area contributed by atoms with Gasteiger partial charge in [-0.3, -0.25) is 4.79 Å². The van der Waals surface area contributed by atoms with Crippen LogP contribution < -0.4 is 11.1 Å². The molecule has 7 nitrogen and oxygen atoms in total. The van der Waals surface area contributed by atoms with Crippen molar-refractivity contribution in [1.82, 2.24) is 9.97 Å². The summed E-state index contributed by atoms with van der Waals surface area (Å²) in [6, 6.07) is -1.15. The van der Waals surface area contributed by atoms with Gasteiger partial charge in [-0.15, -0.1) is 11.3 Å². The molecule has 1 amide bonds. The number of carbonyl (C=O) groups excluding carboxylic acids is 1. The topological polar surface area (TPSA) is 118 Å². The van der Waals surface area contributed by atoms with E-state index >= 15 is 0 Å². The molecular formula is C13H13ClN4O3S. The van der Waals surface area contributed by atoms with Crippen LogP contribution >= 0.6 is 22.9 Å². The number of fused-ring (bicyclic) bond motifs is 3. The quantitative estimate of drug-likeness (QED) is 0.711. The Morgan fingerprint density at radius 3 is 2.86 bits per heavy atom. The molecule has 0 aromatic carbocycles. The maximum Gasteiger partial charge on any atom is 0.326 e. The molecule has 3 rings (SSSR count). The van der Waals surface area contributed by atoms with Gasteiger partial charge in [0.25, 0.3) is 0 Å². The Balaban J connectivity index is 2.05. The van der Waals surface area contributed by atoms with Crippen LogP contribution in [0.2, 0.25) is 5.28 Å². The van der Waals surface area contributed by atoms with Crippen LogP contribution in [0.1, 0.15) is 23.3 Å². The predicted molar refractivity (Wildman–Crippen MR) is 83.3 cm³/mol. The van der Waals surface area contributed by atoms with Crippen molar-refractivity contribution in [2.45, 2.75) is 31.7 Å². The summed E-state index contributed by atoms with van der Waals surface area (Å²) >= 11 is 7.47. The van der Waals surface area contributed by atoms with E-state index in [4.69, 9.17) is 17.3 Å². The van der Waals surface area contributed by atoms with E-state index < -0.39 is 17.9 Å². The minimum Gasteiger partial charge on any atom is -0.480 e. The second-order valence-corrected chi connectivity index (χ2v) is 6.51. The van der Waals surface area contributed by atoms with Crippen LogP contribution in [-0.4, -0.2) is 33.0 Å². The highest BCUT2D eigenvalue weighted by atomic mass is 35.5. The number of thiophene rings is 1. The monoisotopic (exact) mass is 340 g/mol. The number of nitrogens with two attached hydrogens (primary N) is 1. The van der Waals surface area contributed by atoms with E-state index in [0.29, 0.717) is 5.82 Å². The molecule has 0 bridgehead atoms. The van der Waals surface area contributed by atoms with Crippen LogP contribution in [-0.2, 0) is 22.4 Å². The van der Waals surface area contributed by atoms with Gasteiger partial charge in [0, 0.05) is 4.88 Å². The number of aliphatic carboxylic acids is 1. The van der Waals surface area contributed by atoms with Crippen LogP contribution in [0.4, 0.5) is 5.82 Å². The van der Waals surface area contributed by atoms with Gasteiger partial charge < -0.3 is 16.2 Å². The fourth-order valence-corrected chi connectivity index (χ4v) is 4.12. The summed E-state index contributed by atoms with van der Waals surface area (Å²) < 4.78 is 0. The number of aromatic nitrogens is 2. The average Bonchev–Trinajstić information content (AvgIpc) is 2.96. The molecule has 0 saturated heterocycles. The van der Waals surface area contributed by atoms with Gasteiger partial charge in [-0.05, 0) is 36.4 Å². The number of primary amides is 1. The zero-order valence-corrected chi connectivity index (χ0v) is 13.0. The van der Waals surface area contributed by atoms with Gasteiger partial charge in [0.05, 0.1) is 11.8 Å². The molecule has 9 heteroatoms. The molecule has 1 aliphatic carbocycles. The van der Waals surface area contributed by atoms with Gasteiger partial charge in [-0.2, -0.15) is 0 Å². The molecule has 1 unspecified atom stereocenters. The summed E-state index contributed by atoms with van der Waals surface area (Å²) in [4.78, 5) is 32.6. The van der Waals surface area contributed by atoms with Gasteiger partial charge in [-0.25, -0.2) is 14.8 Å². The van der Waals surface area contributed by atoms with Crippen molar-refractivity contribution in [3.05, 3.63) is 15.7 Å². The highest BCUT2D eigenvalue weighted by Gasteiger charge is 2.26. The second kappa shape index (κ2) is 5.69. The number of nitrogens with one attached hydrogen (secondary N) is 1. The van der Waals surface area contributed by atoms with Crippen LogP contribution in [0.15, 0.2) is 0 Å². The van der Waals surface area contributed by atoms with Gasteiger partial charge in [0.15, 0.2) is 0 Å². The normalized spacial score (nSPS) is 14.8. The Kier molecular flexibility index (Phi) is 3.88. The summed E-state index contributed by atoms with van der Waals surface area (Å²) in [7, 11) is 0. The summed E-state index contributed by atoms with van der Waals surface area (Å²) in [5.41, 5.74) is 6.24. The maximum atomic E-state index is 11.3. The molecule has 2 aromatic heterocycles. The first kappa shape index (κ1) is 15.0. The Morgan fingerprint density at radius 1 is 1.41 bits per heavy atom. The highest BCUT2D eigenvalue weighted by molar-refractivity contribution is 7.19. The lowest BCUT2D eigenvalue weighted by Gasteiger charge is -2.14. The molecule has 0 saturated carbocycles. The van der Waals surface area contributed by atoms with E-state index in [0.717, 1.165) is 35.0 Å². The van der Waals surface area contributed by atoms with Gasteiger partial charge in [-0.1, -0.05) is 0 Å². The fourth-order valence-electron chi connectivity index (χ4n) is 2.64. The molecule has 116 valence electrons. The van der Waals surface area contributed by atoms with Crippen molar-refractivity contribution in [2.75, 3.05) is 5.32 Å². The Morgan fingerprint density at radius 2 is 2.18 bits per heavy atom. The summed E-state index contributed by atoms with van der Waals surface area (Å²) in [5.74, 6) is -1.52. The molecule has 4 N–H and O–H groups in total. The lowest BCUT2D eigenvalue weighted by Crippen LogP contribution is -2.34. The van der Waals surface area contributed by atoms with E-state index in [1.54, 1.807) is 11.3 Å². The SMILES string of the molecule is NC(=O)CC(Nc1nc(Cl)nc2sc3c(c12)CCC3)C(=O)O. The molecule has 0 radical (unpaired) electrons. The molecule has 0 fully saturated rings. The molecular weight excluding hydrogens is 328 g/mol. The third-order valence-electron chi connectivity index (χ3n) is 3.55. The first-order valence-corrected chi connectivity index (χ1v) is 7.90. The van der Waals surface area contributed by atoms with E-state index in [1.807, 2.05) is 0 Å². The van der Waals surface area contributed by atoms with Crippen molar-refractivity contribution in [3.63, 3.8) is 0 Å². The van der Waals surface area contributed by atoms with E-state index in [9.17, 15) is 14.7 Å². The standard InChI is InChI=1S/C13H13ClN4O3S/c14-13-17-10(16-6(12(20)21)4-8(15)19)9-5-2-1-3-7(5)22-11(9)18-13/h6H,1-4H2,(H2,15,19)(H,20,21)(H,16,17,18). The number of carboxylic acids is 1. The number of rotatable bonds is 5. The molecule has 2 heterocycles. The lowest BCUT2D eigenvalue weighted by atomic mass is 10.1. The van der Waals surface area contributed by atoms with Crippen molar-refractivity contribution in [1.29, 1.82) is 0 Å². The highest BCUT2D eigenvalue weighted by Crippen LogP contribution is 2.40. The minimum atomic E-state index is -1.17. The van der Waals surface area contributed by atoms with Crippen LogP contribution in [0.5, 0.6) is 0 Å². The maximum absolute atomic E-state index is 11.3. The molecule has 0 spiro atoms. The number of aryl methyl sites for hydroxylation is 2. The smallest absolute Gasteiger partial charge is 0.326 e. The van der Waals surface area contributed by atoms with E-state index in [1.165, 1.54) is 4.88 Å². The lowest BCUT2D eigenvalue weighted by molar-refractivity contribution is -0.139. The number of carboxylic acid groups (broad SMARTS) is 1. The number of hydrogen-bond acceptors (Lipinski definition) is 6. The predicted octanol–water partition coefficient (Wildman–Crippen LogP) is 1.57. The molecule has 1 atom stereocenters.